The molecule has 0 amide bonds. The van der Waals surface area contributed by atoms with E-state index in [1.165, 1.54) is 26.4 Å². The molecule has 0 radical (unpaired) electrons. The molecule has 0 bridgehead atoms. The third-order valence-corrected chi connectivity index (χ3v) is 2.77. The van der Waals surface area contributed by atoms with E-state index in [0.717, 1.165) is 6.07 Å². The zero-order chi connectivity index (χ0) is 15.4. The second-order valence-corrected chi connectivity index (χ2v) is 4.15. The lowest BCUT2D eigenvalue weighted by molar-refractivity contribution is -0.385. The predicted molar refractivity (Wildman–Crippen MR) is 75.9 cm³/mol. The topological polar surface area (TPSA) is 73.6 Å². The monoisotopic (exact) mass is 292 g/mol. The summed E-state index contributed by atoms with van der Waals surface area (Å²) < 4.78 is 23.6. The van der Waals surface area contributed by atoms with E-state index < -0.39 is 10.7 Å². The number of hydrogen-bond acceptors (Lipinski definition) is 5. The second-order valence-electron chi connectivity index (χ2n) is 4.15. The van der Waals surface area contributed by atoms with Crippen molar-refractivity contribution in [1.82, 2.24) is 0 Å². The molecular weight excluding hydrogens is 279 g/mol. The molecule has 0 aromatic heterocycles. The van der Waals surface area contributed by atoms with Crippen LogP contribution < -0.4 is 14.8 Å². The summed E-state index contributed by atoms with van der Waals surface area (Å²) in [5.74, 6) is 0.355. The highest BCUT2D eigenvalue weighted by Gasteiger charge is 2.11. The van der Waals surface area contributed by atoms with Gasteiger partial charge in [-0.2, -0.15) is 0 Å². The van der Waals surface area contributed by atoms with Crippen LogP contribution in [0.3, 0.4) is 0 Å². The number of nitro groups is 1. The average molecular weight is 292 g/mol. The van der Waals surface area contributed by atoms with Gasteiger partial charge >= 0.3 is 0 Å². The first-order valence-electron chi connectivity index (χ1n) is 5.97. The van der Waals surface area contributed by atoms with Crippen LogP contribution in [-0.2, 0) is 0 Å². The Balaban J connectivity index is 2.31. The highest BCUT2D eigenvalue weighted by atomic mass is 19.1. The van der Waals surface area contributed by atoms with Gasteiger partial charge in [0.15, 0.2) is 11.5 Å². The Morgan fingerprint density at radius 3 is 2.38 bits per heavy atom. The number of benzene rings is 2. The van der Waals surface area contributed by atoms with Gasteiger partial charge in [0.25, 0.3) is 5.69 Å². The number of rotatable bonds is 5. The SMILES string of the molecule is COc1ccc(Nc2cc(F)cc([N+](=O)[O-])c2)cc1OC. The van der Waals surface area contributed by atoms with Gasteiger partial charge in [0.1, 0.15) is 5.82 Å². The predicted octanol–water partition coefficient (Wildman–Crippen LogP) is 3.49. The molecule has 2 aromatic rings. The minimum Gasteiger partial charge on any atom is -0.493 e. The molecule has 6 nitrogen and oxygen atoms in total. The number of nitro benzene ring substituents is 1. The van der Waals surface area contributed by atoms with Crippen LogP contribution in [0.5, 0.6) is 11.5 Å². The second kappa shape index (κ2) is 6.08. The number of hydrogen-bond donors (Lipinski definition) is 1. The molecule has 0 atom stereocenters. The van der Waals surface area contributed by atoms with Gasteiger partial charge in [0.05, 0.1) is 25.2 Å². The fourth-order valence-electron chi connectivity index (χ4n) is 1.83. The highest BCUT2D eigenvalue weighted by Crippen LogP contribution is 2.31. The van der Waals surface area contributed by atoms with E-state index in [4.69, 9.17) is 9.47 Å². The summed E-state index contributed by atoms with van der Waals surface area (Å²) in [5, 5.41) is 13.6. The number of nitrogens with zero attached hydrogens (tertiary/aromatic N) is 1. The quantitative estimate of drug-likeness (QED) is 0.674. The Bertz CT molecular complexity index is 676. The highest BCUT2D eigenvalue weighted by molar-refractivity contribution is 5.65. The normalized spacial score (nSPS) is 10.0. The summed E-state index contributed by atoms with van der Waals surface area (Å²) in [6.07, 6.45) is 0. The molecular formula is C14H13FN2O4. The van der Waals surface area contributed by atoms with E-state index in [2.05, 4.69) is 5.32 Å². The lowest BCUT2D eigenvalue weighted by atomic mass is 10.2. The Morgan fingerprint density at radius 1 is 1.05 bits per heavy atom. The van der Waals surface area contributed by atoms with Gasteiger partial charge in [-0.05, 0) is 18.2 Å². The Labute approximate surface area is 120 Å². The molecule has 0 aliphatic heterocycles. The zero-order valence-electron chi connectivity index (χ0n) is 11.4. The Hall–Kier alpha value is -2.83. The van der Waals surface area contributed by atoms with E-state index in [1.54, 1.807) is 18.2 Å². The summed E-state index contributed by atoms with van der Waals surface area (Å²) in [4.78, 5) is 10.1. The molecule has 0 spiro atoms. The van der Waals surface area contributed by atoms with Crippen molar-refractivity contribution < 1.29 is 18.8 Å². The van der Waals surface area contributed by atoms with Gasteiger partial charge in [-0.25, -0.2) is 4.39 Å². The van der Waals surface area contributed by atoms with E-state index in [0.29, 0.717) is 17.2 Å². The number of ether oxygens (including phenoxy) is 2. The lowest BCUT2D eigenvalue weighted by Crippen LogP contribution is -1.96. The zero-order valence-corrected chi connectivity index (χ0v) is 11.4. The molecule has 0 aliphatic carbocycles. The van der Waals surface area contributed by atoms with Crippen molar-refractivity contribution in [3.8, 4) is 11.5 Å². The van der Waals surface area contributed by atoms with Gasteiger partial charge in [0, 0.05) is 23.5 Å². The minimum atomic E-state index is -0.688. The molecule has 1 N–H and O–H groups in total. The first-order valence-corrected chi connectivity index (χ1v) is 5.97. The van der Waals surface area contributed by atoms with Crippen LogP contribution in [0.4, 0.5) is 21.5 Å². The minimum absolute atomic E-state index is 0.272. The molecule has 21 heavy (non-hydrogen) atoms. The van der Waals surface area contributed by atoms with Crippen LogP contribution in [0, 0.1) is 15.9 Å². The summed E-state index contributed by atoms with van der Waals surface area (Å²) in [5.41, 5.74) is 0.541. The van der Waals surface area contributed by atoms with Gasteiger partial charge in [0.2, 0.25) is 0 Å². The fraction of sp³-hybridized carbons (Fsp3) is 0.143. The van der Waals surface area contributed by atoms with Crippen LogP contribution in [0.25, 0.3) is 0 Å². The van der Waals surface area contributed by atoms with Crippen molar-refractivity contribution in [3.05, 3.63) is 52.3 Å². The number of nitrogens with one attached hydrogen (secondary N) is 1. The summed E-state index contributed by atoms with van der Waals surface area (Å²) in [6, 6.07) is 8.30. The summed E-state index contributed by atoms with van der Waals surface area (Å²) >= 11 is 0. The van der Waals surface area contributed by atoms with E-state index in [1.807, 2.05) is 0 Å². The standard InChI is InChI=1S/C14H13FN2O4/c1-20-13-4-3-10(8-14(13)21-2)16-11-5-9(15)6-12(7-11)17(18)19/h3-8,16H,1-2H3. The summed E-state index contributed by atoms with van der Waals surface area (Å²) in [6.45, 7) is 0. The molecule has 0 saturated carbocycles. The van der Waals surface area contributed by atoms with Crippen molar-refractivity contribution >= 4 is 17.1 Å². The molecule has 2 aromatic carbocycles. The molecule has 0 unspecified atom stereocenters. The van der Waals surface area contributed by atoms with E-state index >= 15 is 0 Å². The number of methoxy groups -OCH3 is 2. The number of halogens is 1. The Morgan fingerprint density at radius 2 is 1.76 bits per heavy atom. The van der Waals surface area contributed by atoms with E-state index in [-0.39, 0.29) is 11.4 Å². The molecule has 0 fully saturated rings. The first kappa shape index (κ1) is 14.6. The van der Waals surface area contributed by atoms with Gasteiger partial charge in [-0.1, -0.05) is 0 Å². The molecule has 0 saturated heterocycles. The first-order chi connectivity index (χ1) is 10.0. The number of anilines is 2. The van der Waals surface area contributed by atoms with Gasteiger partial charge in [-0.15, -0.1) is 0 Å². The van der Waals surface area contributed by atoms with Crippen molar-refractivity contribution in [1.29, 1.82) is 0 Å². The maximum absolute atomic E-state index is 13.4. The average Bonchev–Trinajstić information content (AvgIpc) is 2.46. The lowest BCUT2D eigenvalue weighted by Gasteiger charge is -2.11. The number of non-ortho nitro benzene ring substituents is 1. The van der Waals surface area contributed by atoms with E-state index in [9.17, 15) is 14.5 Å². The van der Waals surface area contributed by atoms with Gasteiger partial charge in [-0.3, -0.25) is 10.1 Å². The molecule has 0 aliphatic rings. The van der Waals surface area contributed by atoms with Crippen molar-refractivity contribution in [2.75, 3.05) is 19.5 Å². The Kier molecular flexibility index (Phi) is 4.22. The van der Waals surface area contributed by atoms with Crippen LogP contribution in [0.1, 0.15) is 0 Å². The van der Waals surface area contributed by atoms with Crippen LogP contribution >= 0.6 is 0 Å². The van der Waals surface area contributed by atoms with Gasteiger partial charge < -0.3 is 14.8 Å². The van der Waals surface area contributed by atoms with Crippen molar-refractivity contribution in [2.24, 2.45) is 0 Å². The summed E-state index contributed by atoms with van der Waals surface area (Å²) in [7, 11) is 3.01. The maximum atomic E-state index is 13.4. The third-order valence-electron chi connectivity index (χ3n) is 2.77. The van der Waals surface area contributed by atoms with Crippen LogP contribution in [0.2, 0.25) is 0 Å². The molecule has 7 heteroatoms. The smallest absolute Gasteiger partial charge is 0.274 e. The van der Waals surface area contributed by atoms with Crippen molar-refractivity contribution in [3.63, 3.8) is 0 Å². The molecule has 110 valence electrons. The van der Waals surface area contributed by atoms with Crippen LogP contribution in [0.15, 0.2) is 36.4 Å². The fourth-order valence-corrected chi connectivity index (χ4v) is 1.83. The van der Waals surface area contributed by atoms with Crippen LogP contribution in [-0.4, -0.2) is 19.1 Å². The third kappa shape index (κ3) is 3.38. The maximum Gasteiger partial charge on any atom is 0.274 e. The largest absolute Gasteiger partial charge is 0.493 e. The van der Waals surface area contributed by atoms with Crippen molar-refractivity contribution in [2.45, 2.75) is 0 Å². The molecule has 2 rings (SSSR count). The molecule has 0 heterocycles.